The second-order valence-corrected chi connectivity index (χ2v) is 9.39. The molecule has 1 aliphatic heterocycles. The molecule has 0 N–H and O–H groups in total. The smallest absolute Gasteiger partial charge is 0.126 e. The molecule has 2 aromatic heterocycles. The van der Waals surface area contributed by atoms with E-state index in [4.69, 9.17) is 9.97 Å². The highest BCUT2D eigenvalue weighted by atomic mass is 19.1. The molecular formula is C28H31FN4. The number of para-hydroxylation sites is 2. The van der Waals surface area contributed by atoms with Gasteiger partial charge in [-0.3, -0.25) is 9.88 Å². The van der Waals surface area contributed by atoms with Crippen LogP contribution in [0.4, 0.5) is 4.39 Å². The Labute approximate surface area is 195 Å². The number of hydrogen-bond acceptors (Lipinski definition) is 3. The van der Waals surface area contributed by atoms with Crippen LogP contribution in [0.3, 0.4) is 0 Å². The van der Waals surface area contributed by atoms with Crippen LogP contribution in [0.1, 0.15) is 61.3 Å². The van der Waals surface area contributed by atoms with Gasteiger partial charge in [0.2, 0.25) is 0 Å². The van der Waals surface area contributed by atoms with E-state index in [-0.39, 0.29) is 5.82 Å². The average Bonchev–Trinajstić information content (AvgIpc) is 3.20. The van der Waals surface area contributed by atoms with E-state index >= 15 is 0 Å². The quantitative estimate of drug-likeness (QED) is 0.361. The van der Waals surface area contributed by atoms with Crippen molar-refractivity contribution in [2.24, 2.45) is 0 Å². The van der Waals surface area contributed by atoms with Crippen molar-refractivity contribution >= 4 is 11.0 Å². The molecule has 5 rings (SSSR count). The molecule has 0 spiro atoms. The molecule has 4 aromatic rings. The molecule has 0 amide bonds. The Hall–Kier alpha value is -3.05. The first kappa shape index (κ1) is 21.8. The fourth-order valence-electron chi connectivity index (χ4n) is 5.01. The summed E-state index contributed by atoms with van der Waals surface area (Å²) < 4.78 is 16.3. The number of aromatic nitrogens is 3. The lowest BCUT2D eigenvalue weighted by atomic mass is 9.92. The zero-order chi connectivity index (χ0) is 22.8. The standard InChI is InChI=1S/C28H31FN4/c1-20(2)33-27-10-6-5-9-26(27)31-28(33)19-32-15-13-22(14-16-32)25-12-11-21(18-30-25)17-23-7-3-4-8-24(23)29/h3-12,18,20,22H,13-17,19H2,1-2H3. The van der Waals surface area contributed by atoms with Crippen molar-refractivity contribution in [3.8, 4) is 0 Å². The number of piperidine rings is 1. The number of imidazole rings is 1. The van der Waals surface area contributed by atoms with Gasteiger partial charge in [0.15, 0.2) is 0 Å². The molecule has 33 heavy (non-hydrogen) atoms. The molecule has 0 unspecified atom stereocenters. The molecule has 4 nitrogen and oxygen atoms in total. The molecule has 0 saturated carbocycles. The topological polar surface area (TPSA) is 34.0 Å². The third-order valence-corrected chi connectivity index (χ3v) is 6.76. The number of rotatable bonds is 6. The lowest BCUT2D eigenvalue weighted by Gasteiger charge is -2.31. The number of nitrogens with zero attached hydrogens (tertiary/aromatic N) is 4. The Morgan fingerprint density at radius 2 is 1.73 bits per heavy atom. The fraction of sp³-hybridized carbons (Fsp3) is 0.357. The fourth-order valence-corrected chi connectivity index (χ4v) is 5.01. The van der Waals surface area contributed by atoms with Gasteiger partial charge < -0.3 is 4.57 Å². The second kappa shape index (κ2) is 9.44. The number of pyridine rings is 1. The van der Waals surface area contributed by atoms with Crippen LogP contribution in [-0.4, -0.2) is 32.5 Å². The summed E-state index contributed by atoms with van der Waals surface area (Å²) in [5.74, 6) is 1.48. The minimum atomic E-state index is -0.153. The normalized spacial score (nSPS) is 15.5. The molecule has 0 radical (unpaired) electrons. The predicted molar refractivity (Wildman–Crippen MR) is 131 cm³/mol. The summed E-state index contributed by atoms with van der Waals surface area (Å²) in [6, 6.07) is 20.0. The van der Waals surface area contributed by atoms with Crippen molar-refractivity contribution in [1.82, 2.24) is 19.4 Å². The van der Waals surface area contributed by atoms with Crippen molar-refractivity contribution < 1.29 is 4.39 Å². The van der Waals surface area contributed by atoms with Crippen LogP contribution < -0.4 is 0 Å². The maximum atomic E-state index is 13.9. The van der Waals surface area contributed by atoms with Crippen LogP contribution in [0.25, 0.3) is 11.0 Å². The Morgan fingerprint density at radius 1 is 0.970 bits per heavy atom. The van der Waals surface area contributed by atoms with Gasteiger partial charge in [-0.05, 0) is 75.2 Å². The summed E-state index contributed by atoms with van der Waals surface area (Å²) in [6.07, 6.45) is 4.69. The minimum Gasteiger partial charge on any atom is -0.324 e. The van der Waals surface area contributed by atoms with Gasteiger partial charge in [0.1, 0.15) is 11.6 Å². The summed E-state index contributed by atoms with van der Waals surface area (Å²) in [5.41, 5.74) is 5.22. The van der Waals surface area contributed by atoms with E-state index in [1.54, 1.807) is 6.07 Å². The molecule has 3 heterocycles. The Bertz CT molecular complexity index is 1220. The molecular weight excluding hydrogens is 411 g/mol. The number of halogens is 1. The van der Waals surface area contributed by atoms with Crippen molar-refractivity contribution in [3.05, 3.63) is 95.3 Å². The second-order valence-electron chi connectivity index (χ2n) is 9.39. The van der Waals surface area contributed by atoms with Crippen molar-refractivity contribution in [2.45, 2.75) is 51.6 Å². The molecule has 0 aliphatic carbocycles. The molecule has 170 valence electrons. The first-order valence-electron chi connectivity index (χ1n) is 11.9. The van der Waals surface area contributed by atoms with Crippen molar-refractivity contribution in [2.75, 3.05) is 13.1 Å². The molecule has 0 atom stereocenters. The predicted octanol–water partition coefficient (Wildman–Crippen LogP) is 6.12. The molecule has 5 heteroatoms. The monoisotopic (exact) mass is 442 g/mol. The number of benzene rings is 2. The van der Waals surface area contributed by atoms with Gasteiger partial charge in [-0.1, -0.05) is 36.4 Å². The van der Waals surface area contributed by atoms with E-state index in [0.29, 0.717) is 23.9 Å². The number of hydrogen-bond donors (Lipinski definition) is 0. The van der Waals surface area contributed by atoms with E-state index in [1.165, 1.54) is 11.6 Å². The van der Waals surface area contributed by atoms with Crippen LogP contribution in [0.15, 0.2) is 66.9 Å². The highest BCUT2D eigenvalue weighted by Gasteiger charge is 2.23. The van der Waals surface area contributed by atoms with Crippen LogP contribution in [0, 0.1) is 5.82 Å². The Morgan fingerprint density at radius 3 is 2.45 bits per heavy atom. The van der Waals surface area contributed by atoms with E-state index in [1.807, 2.05) is 18.3 Å². The summed E-state index contributed by atoms with van der Waals surface area (Å²) in [6.45, 7) is 7.43. The van der Waals surface area contributed by atoms with Gasteiger partial charge in [-0.25, -0.2) is 9.37 Å². The van der Waals surface area contributed by atoms with E-state index < -0.39 is 0 Å². The number of likely N-dealkylation sites (tertiary alicyclic amines) is 1. The maximum Gasteiger partial charge on any atom is 0.126 e. The molecule has 1 saturated heterocycles. The zero-order valence-corrected chi connectivity index (χ0v) is 19.4. The van der Waals surface area contributed by atoms with Crippen molar-refractivity contribution in [3.63, 3.8) is 0 Å². The van der Waals surface area contributed by atoms with E-state index in [9.17, 15) is 4.39 Å². The summed E-state index contributed by atoms with van der Waals surface area (Å²) >= 11 is 0. The minimum absolute atomic E-state index is 0.153. The van der Waals surface area contributed by atoms with Gasteiger partial charge in [-0.15, -0.1) is 0 Å². The van der Waals surface area contributed by atoms with Gasteiger partial charge in [0.05, 0.1) is 17.6 Å². The lowest BCUT2D eigenvalue weighted by molar-refractivity contribution is 0.196. The van der Waals surface area contributed by atoms with Gasteiger partial charge in [0, 0.05) is 30.3 Å². The van der Waals surface area contributed by atoms with E-state index in [0.717, 1.165) is 55.1 Å². The SMILES string of the molecule is CC(C)n1c(CN2CCC(c3ccc(Cc4ccccc4F)cn3)CC2)nc2ccccc21. The van der Waals surface area contributed by atoms with Crippen LogP contribution in [-0.2, 0) is 13.0 Å². The largest absolute Gasteiger partial charge is 0.324 e. The van der Waals surface area contributed by atoms with Crippen LogP contribution in [0.5, 0.6) is 0 Å². The molecule has 1 aliphatic rings. The van der Waals surface area contributed by atoms with Crippen LogP contribution >= 0.6 is 0 Å². The average molecular weight is 443 g/mol. The third-order valence-electron chi connectivity index (χ3n) is 6.76. The first-order valence-corrected chi connectivity index (χ1v) is 11.9. The lowest BCUT2D eigenvalue weighted by Crippen LogP contribution is -2.33. The highest BCUT2D eigenvalue weighted by molar-refractivity contribution is 5.76. The molecule has 0 bridgehead atoms. The first-order chi connectivity index (χ1) is 16.1. The van der Waals surface area contributed by atoms with Crippen LogP contribution in [0.2, 0.25) is 0 Å². The summed E-state index contributed by atoms with van der Waals surface area (Å²) in [4.78, 5) is 12.2. The summed E-state index contributed by atoms with van der Waals surface area (Å²) in [7, 11) is 0. The number of fused-ring (bicyclic) bond motifs is 1. The summed E-state index contributed by atoms with van der Waals surface area (Å²) in [5, 5.41) is 0. The van der Waals surface area contributed by atoms with Gasteiger partial charge in [0.25, 0.3) is 0 Å². The van der Waals surface area contributed by atoms with Crippen molar-refractivity contribution in [1.29, 1.82) is 0 Å². The van der Waals surface area contributed by atoms with E-state index in [2.05, 4.69) is 59.7 Å². The maximum absolute atomic E-state index is 13.9. The zero-order valence-electron chi connectivity index (χ0n) is 19.4. The van der Waals surface area contributed by atoms with Gasteiger partial charge in [-0.2, -0.15) is 0 Å². The molecule has 1 fully saturated rings. The third kappa shape index (κ3) is 4.69. The molecule has 2 aromatic carbocycles. The van der Waals surface area contributed by atoms with Gasteiger partial charge >= 0.3 is 0 Å². The Kier molecular flexibility index (Phi) is 6.23. The highest BCUT2D eigenvalue weighted by Crippen LogP contribution is 2.29. The Balaban J connectivity index is 1.21.